The van der Waals surface area contributed by atoms with E-state index in [0.29, 0.717) is 0 Å². The fourth-order valence-electron chi connectivity index (χ4n) is 1.31. The van der Waals surface area contributed by atoms with Gasteiger partial charge in [-0.25, -0.2) is 8.42 Å². The molecule has 132 valence electrons. The van der Waals surface area contributed by atoms with E-state index in [9.17, 15) is 34.8 Å². The van der Waals surface area contributed by atoms with Crippen LogP contribution in [-0.4, -0.2) is 50.3 Å². The van der Waals surface area contributed by atoms with Gasteiger partial charge in [0.2, 0.25) is 0 Å². The van der Waals surface area contributed by atoms with Crippen LogP contribution in [-0.2, 0) is 10.0 Å². The molecular weight excluding hydrogens is 340 g/mol. The number of sulfonamides is 1. The van der Waals surface area contributed by atoms with Gasteiger partial charge < -0.3 is 9.80 Å². The molecule has 0 atom stereocenters. The summed E-state index contributed by atoms with van der Waals surface area (Å²) in [5, 5.41) is 0. The quantitative estimate of drug-likeness (QED) is 0.620. The van der Waals surface area contributed by atoms with Crippen LogP contribution in [0, 0.1) is 0 Å². The van der Waals surface area contributed by atoms with Gasteiger partial charge in [-0.1, -0.05) is 13.3 Å². The third-order valence-corrected chi connectivity index (χ3v) is 3.40. The van der Waals surface area contributed by atoms with Crippen molar-refractivity contribution < 1.29 is 34.8 Å². The lowest BCUT2D eigenvalue weighted by molar-refractivity contribution is -0.143. The van der Waals surface area contributed by atoms with Crippen LogP contribution in [0.25, 0.3) is 0 Å². The molecule has 1 aliphatic rings. The monoisotopic (exact) mass is 357 g/mol. The maximum atomic E-state index is 11.2. The average Bonchev–Trinajstić information content (AvgIpc) is 2.68. The highest BCUT2D eigenvalue weighted by molar-refractivity contribution is 7.90. The molecule has 0 aromatic carbocycles. The van der Waals surface area contributed by atoms with Crippen molar-refractivity contribution in [3.8, 4) is 0 Å². The molecule has 0 aromatic heterocycles. The number of unbranched alkanes of at least 4 members (excludes halogenated alkanes) is 1. The fraction of sp³-hybridized carbons (Fsp3) is 0.800. The Hall–Kier alpha value is -1.17. The Bertz CT molecular complexity index is 460. The number of nitrogens with zero attached hydrogens (tertiary/aromatic N) is 2. The zero-order valence-electron chi connectivity index (χ0n) is 11.9. The standard InChI is InChI=1S/C8H16N2.C2HF6NO2S/c1-3-4-5-10-7-6-9(2)8-10;3-1(4,5)9-12(10,11)2(6,7)8/h6-7H,3-5,8H2,1-2H3;9H. The van der Waals surface area contributed by atoms with Crippen molar-refractivity contribution in [1.82, 2.24) is 14.5 Å². The molecule has 0 bridgehead atoms. The lowest BCUT2D eigenvalue weighted by atomic mass is 10.3. The van der Waals surface area contributed by atoms with Crippen molar-refractivity contribution in [2.45, 2.75) is 31.6 Å². The van der Waals surface area contributed by atoms with Crippen molar-refractivity contribution in [2.75, 3.05) is 20.3 Å². The fourth-order valence-corrected chi connectivity index (χ4v) is 1.73. The molecule has 5 nitrogen and oxygen atoms in total. The van der Waals surface area contributed by atoms with Crippen LogP contribution in [0.3, 0.4) is 0 Å². The largest absolute Gasteiger partial charge is 0.511 e. The molecular formula is C10H17F6N3O2S. The third-order valence-electron chi connectivity index (χ3n) is 2.29. The third kappa shape index (κ3) is 8.32. The van der Waals surface area contributed by atoms with Crippen LogP contribution < -0.4 is 4.72 Å². The van der Waals surface area contributed by atoms with E-state index in [1.165, 1.54) is 19.4 Å². The summed E-state index contributed by atoms with van der Waals surface area (Å²) in [4.78, 5) is 4.53. The van der Waals surface area contributed by atoms with Gasteiger partial charge in [0.25, 0.3) is 0 Å². The van der Waals surface area contributed by atoms with Crippen LogP contribution >= 0.6 is 0 Å². The first kappa shape index (κ1) is 20.8. The molecule has 0 amide bonds. The van der Waals surface area contributed by atoms with Gasteiger partial charge in [0.15, 0.2) is 0 Å². The summed E-state index contributed by atoms with van der Waals surface area (Å²) in [6.45, 7) is 4.50. The highest BCUT2D eigenvalue weighted by Crippen LogP contribution is 2.25. The van der Waals surface area contributed by atoms with Crippen LogP contribution in [0.2, 0.25) is 0 Å². The van der Waals surface area contributed by atoms with Crippen molar-refractivity contribution in [2.24, 2.45) is 0 Å². The van der Waals surface area contributed by atoms with Crippen molar-refractivity contribution in [3.63, 3.8) is 0 Å². The Morgan fingerprint density at radius 3 is 1.95 bits per heavy atom. The van der Waals surface area contributed by atoms with Crippen LogP contribution in [0.1, 0.15) is 19.8 Å². The van der Waals surface area contributed by atoms with Crippen molar-refractivity contribution >= 4 is 10.0 Å². The molecule has 1 heterocycles. The average molecular weight is 357 g/mol. The first-order chi connectivity index (χ1) is 9.78. The van der Waals surface area contributed by atoms with E-state index in [-0.39, 0.29) is 0 Å². The van der Waals surface area contributed by atoms with E-state index >= 15 is 0 Å². The Labute approximate surface area is 124 Å². The molecule has 22 heavy (non-hydrogen) atoms. The first-order valence-corrected chi connectivity index (χ1v) is 7.56. The number of rotatable bonds is 4. The predicted molar refractivity (Wildman–Crippen MR) is 67.5 cm³/mol. The minimum atomic E-state index is -6.33. The van der Waals surface area contributed by atoms with Crippen LogP contribution in [0.15, 0.2) is 12.4 Å². The Balaban J connectivity index is 0.000000406. The molecule has 0 saturated carbocycles. The van der Waals surface area contributed by atoms with Gasteiger partial charge in [-0.05, 0) is 6.42 Å². The topological polar surface area (TPSA) is 52.7 Å². The zero-order valence-corrected chi connectivity index (χ0v) is 12.7. The number of hydrogen-bond donors (Lipinski definition) is 1. The van der Waals surface area contributed by atoms with E-state index in [4.69, 9.17) is 0 Å². The lowest BCUT2D eigenvalue weighted by Crippen LogP contribution is -2.44. The SMILES string of the molecule is CCCCN1C=CN(C)C1.O=S(=O)(NC(F)(F)F)C(F)(F)F. The Morgan fingerprint density at radius 1 is 1.14 bits per heavy atom. The van der Waals surface area contributed by atoms with Gasteiger partial charge in [0.05, 0.1) is 6.67 Å². The van der Waals surface area contributed by atoms with Gasteiger partial charge in [0, 0.05) is 26.0 Å². The second kappa shape index (κ2) is 7.90. The number of hydrogen-bond acceptors (Lipinski definition) is 4. The minimum absolute atomic E-state index is 0.517. The maximum Gasteiger partial charge on any atom is 0.511 e. The second-order valence-electron chi connectivity index (χ2n) is 4.41. The first-order valence-electron chi connectivity index (χ1n) is 6.08. The van der Waals surface area contributed by atoms with E-state index in [1.54, 1.807) is 0 Å². The molecule has 0 saturated heterocycles. The Morgan fingerprint density at radius 2 is 1.68 bits per heavy atom. The highest BCUT2D eigenvalue weighted by atomic mass is 32.2. The molecule has 12 heteroatoms. The van der Waals surface area contributed by atoms with Crippen LogP contribution in [0.5, 0.6) is 0 Å². The molecule has 1 aliphatic heterocycles. The van der Waals surface area contributed by atoms with E-state index in [2.05, 4.69) is 36.2 Å². The predicted octanol–water partition coefficient (Wildman–Crippen LogP) is 2.41. The summed E-state index contributed by atoms with van der Waals surface area (Å²) < 4.78 is 85.8. The molecule has 0 aromatic rings. The number of nitrogens with one attached hydrogen (secondary N) is 1. The molecule has 1 N–H and O–H groups in total. The van der Waals surface area contributed by atoms with E-state index in [0.717, 1.165) is 6.67 Å². The zero-order chi connectivity index (χ0) is 17.6. The molecule has 0 unspecified atom stereocenters. The normalized spacial score (nSPS) is 15.8. The van der Waals surface area contributed by atoms with Crippen molar-refractivity contribution in [3.05, 3.63) is 12.4 Å². The summed E-state index contributed by atoms with van der Waals surface area (Å²) in [5.41, 5.74) is -5.96. The highest BCUT2D eigenvalue weighted by Gasteiger charge is 2.51. The molecule has 1 rings (SSSR count). The lowest BCUT2D eigenvalue weighted by Gasteiger charge is -2.17. The van der Waals surface area contributed by atoms with Crippen LogP contribution in [0.4, 0.5) is 26.3 Å². The number of alkyl halides is 6. The summed E-state index contributed by atoms with van der Waals surface area (Å²) in [7, 11) is -4.23. The smallest absolute Gasteiger partial charge is 0.362 e. The van der Waals surface area contributed by atoms with Gasteiger partial charge >= 0.3 is 21.8 Å². The minimum Gasteiger partial charge on any atom is -0.362 e. The molecule has 0 fully saturated rings. The van der Waals surface area contributed by atoms with E-state index in [1.807, 2.05) is 0 Å². The maximum absolute atomic E-state index is 11.2. The second-order valence-corrected chi connectivity index (χ2v) is 6.09. The van der Waals surface area contributed by atoms with Gasteiger partial charge in [-0.15, -0.1) is 4.72 Å². The van der Waals surface area contributed by atoms with Gasteiger partial charge in [0.1, 0.15) is 0 Å². The summed E-state index contributed by atoms with van der Waals surface area (Å²) in [5.74, 6) is 0. The number of halogens is 6. The Kier molecular flexibility index (Phi) is 7.48. The molecule has 0 aliphatic carbocycles. The molecule has 0 radical (unpaired) electrons. The summed E-state index contributed by atoms with van der Waals surface area (Å²) >= 11 is 0. The van der Waals surface area contributed by atoms with Gasteiger partial charge in [-0.3, -0.25) is 0 Å². The molecule has 0 spiro atoms. The van der Waals surface area contributed by atoms with E-state index < -0.39 is 26.6 Å². The summed E-state index contributed by atoms with van der Waals surface area (Å²) in [6, 6.07) is 0. The summed E-state index contributed by atoms with van der Waals surface area (Å²) in [6.07, 6.45) is 1.26. The van der Waals surface area contributed by atoms with Gasteiger partial charge in [-0.2, -0.15) is 26.3 Å². The van der Waals surface area contributed by atoms with Crippen molar-refractivity contribution in [1.29, 1.82) is 0 Å².